The number of nitrogens with zero attached hydrogens (tertiary/aromatic N) is 1. The van der Waals surface area contributed by atoms with Gasteiger partial charge in [-0.3, -0.25) is 0 Å². The fourth-order valence-corrected chi connectivity index (χ4v) is 3.27. The predicted molar refractivity (Wildman–Crippen MR) is 95.1 cm³/mol. The molecular formula is C18H19BrN2. The van der Waals surface area contributed by atoms with Gasteiger partial charge in [0.2, 0.25) is 0 Å². The highest BCUT2D eigenvalue weighted by Gasteiger charge is 2.10. The number of fused-ring (bicyclic) bond motifs is 3. The highest BCUT2D eigenvalue weighted by molar-refractivity contribution is 9.10. The van der Waals surface area contributed by atoms with Crippen molar-refractivity contribution in [1.29, 1.82) is 0 Å². The Hall–Kier alpha value is -1.61. The van der Waals surface area contributed by atoms with E-state index in [1.807, 2.05) is 0 Å². The van der Waals surface area contributed by atoms with Crippen LogP contribution < -0.4 is 5.32 Å². The fourth-order valence-electron chi connectivity index (χ4n) is 2.68. The average molecular weight is 343 g/mol. The van der Waals surface area contributed by atoms with Crippen LogP contribution in [0.25, 0.3) is 21.7 Å². The molecule has 0 saturated heterocycles. The van der Waals surface area contributed by atoms with Crippen molar-refractivity contribution in [3.8, 4) is 0 Å². The quantitative estimate of drug-likeness (QED) is 0.630. The van der Waals surface area contributed by atoms with Crippen molar-refractivity contribution in [3.05, 3.63) is 46.4 Å². The average Bonchev–Trinajstić information content (AvgIpc) is 2.52. The molecule has 0 radical (unpaired) electrons. The van der Waals surface area contributed by atoms with Crippen molar-refractivity contribution < 1.29 is 0 Å². The Morgan fingerprint density at radius 3 is 2.57 bits per heavy atom. The Balaban J connectivity index is 2.30. The summed E-state index contributed by atoms with van der Waals surface area (Å²) < 4.78 is 1.13. The van der Waals surface area contributed by atoms with Gasteiger partial charge in [-0.2, -0.15) is 0 Å². The second-order valence-electron chi connectivity index (χ2n) is 5.25. The van der Waals surface area contributed by atoms with Gasteiger partial charge in [0.15, 0.2) is 0 Å². The summed E-state index contributed by atoms with van der Waals surface area (Å²) in [5.41, 5.74) is 2.35. The number of benzene rings is 2. The molecule has 3 rings (SSSR count). The zero-order valence-electron chi connectivity index (χ0n) is 12.4. The third-order valence-corrected chi connectivity index (χ3v) is 4.43. The monoisotopic (exact) mass is 342 g/mol. The third kappa shape index (κ3) is 2.62. The number of rotatable bonds is 4. The van der Waals surface area contributed by atoms with Gasteiger partial charge >= 0.3 is 0 Å². The van der Waals surface area contributed by atoms with Gasteiger partial charge in [-0.05, 0) is 35.9 Å². The standard InChI is InChI=1S/C18H19BrN2/c1-3-9-20-18-12(4-2)10-13-11-16(19)14-7-5-6-8-15(14)17(13)21-18/h5-8,10-11H,3-4,9H2,1-2H3,(H,20,21). The smallest absolute Gasteiger partial charge is 0.129 e. The first kappa shape index (κ1) is 14.3. The lowest BCUT2D eigenvalue weighted by Crippen LogP contribution is -2.05. The summed E-state index contributed by atoms with van der Waals surface area (Å²) in [7, 11) is 0. The molecule has 0 aliphatic rings. The molecule has 1 heterocycles. The van der Waals surface area contributed by atoms with E-state index in [0.29, 0.717) is 0 Å². The number of aryl methyl sites for hydroxylation is 1. The molecule has 0 aliphatic heterocycles. The second-order valence-corrected chi connectivity index (χ2v) is 6.11. The van der Waals surface area contributed by atoms with E-state index in [2.05, 4.69) is 71.5 Å². The van der Waals surface area contributed by atoms with Crippen molar-refractivity contribution in [2.24, 2.45) is 0 Å². The van der Waals surface area contributed by atoms with Crippen LogP contribution in [0.5, 0.6) is 0 Å². The van der Waals surface area contributed by atoms with Crippen LogP contribution >= 0.6 is 15.9 Å². The number of nitrogens with one attached hydrogen (secondary N) is 1. The molecule has 2 nitrogen and oxygen atoms in total. The first-order valence-corrected chi connectivity index (χ1v) is 8.28. The van der Waals surface area contributed by atoms with Crippen LogP contribution in [0, 0.1) is 0 Å². The van der Waals surface area contributed by atoms with Crippen LogP contribution in [-0.2, 0) is 6.42 Å². The molecule has 0 spiro atoms. The molecule has 0 amide bonds. The van der Waals surface area contributed by atoms with Crippen LogP contribution in [-0.4, -0.2) is 11.5 Å². The molecule has 1 N–H and O–H groups in total. The molecular weight excluding hydrogens is 324 g/mol. The number of halogens is 1. The molecule has 2 aromatic carbocycles. The van der Waals surface area contributed by atoms with Crippen molar-refractivity contribution in [1.82, 2.24) is 4.98 Å². The fraction of sp³-hybridized carbons (Fsp3) is 0.278. The molecule has 0 bridgehead atoms. The summed E-state index contributed by atoms with van der Waals surface area (Å²) in [6, 6.07) is 12.8. The van der Waals surface area contributed by atoms with Gasteiger partial charge < -0.3 is 5.32 Å². The Morgan fingerprint density at radius 2 is 1.86 bits per heavy atom. The first-order chi connectivity index (χ1) is 10.2. The van der Waals surface area contributed by atoms with Crippen molar-refractivity contribution in [3.63, 3.8) is 0 Å². The van der Waals surface area contributed by atoms with E-state index in [9.17, 15) is 0 Å². The lowest BCUT2D eigenvalue weighted by atomic mass is 10.0. The summed E-state index contributed by atoms with van der Waals surface area (Å²) in [6.07, 6.45) is 2.09. The van der Waals surface area contributed by atoms with E-state index in [1.165, 1.54) is 21.7 Å². The molecule has 0 fully saturated rings. The Bertz CT molecular complexity index is 796. The van der Waals surface area contributed by atoms with Crippen LogP contribution in [0.1, 0.15) is 25.8 Å². The van der Waals surface area contributed by atoms with Crippen LogP contribution in [0.15, 0.2) is 40.9 Å². The maximum absolute atomic E-state index is 4.92. The minimum Gasteiger partial charge on any atom is -0.370 e. The van der Waals surface area contributed by atoms with Crippen molar-refractivity contribution in [2.45, 2.75) is 26.7 Å². The van der Waals surface area contributed by atoms with Crippen molar-refractivity contribution in [2.75, 3.05) is 11.9 Å². The van der Waals surface area contributed by atoms with Crippen LogP contribution in [0.4, 0.5) is 5.82 Å². The molecule has 0 saturated carbocycles. The van der Waals surface area contributed by atoms with E-state index in [-0.39, 0.29) is 0 Å². The SMILES string of the molecule is CCCNc1nc2c(cc1CC)cc(Br)c1ccccc12. The lowest BCUT2D eigenvalue weighted by molar-refractivity contribution is 0.962. The number of anilines is 1. The van der Waals surface area contributed by atoms with Gasteiger partial charge in [0.1, 0.15) is 5.82 Å². The van der Waals surface area contributed by atoms with E-state index >= 15 is 0 Å². The number of hydrogen-bond acceptors (Lipinski definition) is 2. The molecule has 3 heteroatoms. The van der Waals surface area contributed by atoms with Gasteiger partial charge in [-0.25, -0.2) is 4.98 Å². The summed E-state index contributed by atoms with van der Waals surface area (Å²) >= 11 is 3.68. The number of aromatic nitrogens is 1. The van der Waals surface area contributed by atoms with Crippen molar-refractivity contribution >= 4 is 43.4 Å². The highest BCUT2D eigenvalue weighted by Crippen LogP contribution is 2.33. The summed E-state index contributed by atoms with van der Waals surface area (Å²) in [6.45, 7) is 5.31. The minimum atomic E-state index is 0.958. The van der Waals surface area contributed by atoms with Gasteiger partial charge in [0, 0.05) is 21.8 Å². The lowest BCUT2D eigenvalue weighted by Gasteiger charge is -2.13. The molecule has 0 unspecified atom stereocenters. The molecule has 3 aromatic rings. The van der Waals surface area contributed by atoms with E-state index in [0.717, 1.165) is 35.2 Å². The molecule has 21 heavy (non-hydrogen) atoms. The van der Waals surface area contributed by atoms with Gasteiger partial charge in [-0.1, -0.05) is 54.0 Å². The van der Waals surface area contributed by atoms with Gasteiger partial charge in [0.25, 0.3) is 0 Å². The second kappa shape index (κ2) is 6.02. The highest BCUT2D eigenvalue weighted by atomic mass is 79.9. The topological polar surface area (TPSA) is 24.9 Å². The molecule has 1 aromatic heterocycles. The minimum absolute atomic E-state index is 0.958. The van der Waals surface area contributed by atoms with E-state index < -0.39 is 0 Å². The Morgan fingerprint density at radius 1 is 1.10 bits per heavy atom. The Kier molecular flexibility index (Phi) is 4.11. The normalized spacial score (nSPS) is 11.2. The molecule has 108 valence electrons. The van der Waals surface area contributed by atoms with E-state index in [1.54, 1.807) is 0 Å². The maximum Gasteiger partial charge on any atom is 0.129 e. The van der Waals surface area contributed by atoms with Crippen LogP contribution in [0.3, 0.4) is 0 Å². The summed E-state index contributed by atoms with van der Waals surface area (Å²) in [4.78, 5) is 4.92. The number of pyridine rings is 1. The maximum atomic E-state index is 4.92. The van der Waals surface area contributed by atoms with Gasteiger partial charge in [-0.15, -0.1) is 0 Å². The zero-order chi connectivity index (χ0) is 14.8. The Labute approximate surface area is 133 Å². The van der Waals surface area contributed by atoms with E-state index in [4.69, 9.17) is 4.98 Å². The van der Waals surface area contributed by atoms with Gasteiger partial charge in [0.05, 0.1) is 5.52 Å². The first-order valence-electron chi connectivity index (χ1n) is 7.49. The largest absolute Gasteiger partial charge is 0.370 e. The summed E-state index contributed by atoms with van der Waals surface area (Å²) in [5, 5.41) is 7.07. The zero-order valence-corrected chi connectivity index (χ0v) is 14.0. The van der Waals surface area contributed by atoms with Crippen LogP contribution in [0.2, 0.25) is 0 Å². The molecule has 0 aliphatic carbocycles. The number of hydrogen-bond donors (Lipinski definition) is 1. The third-order valence-electron chi connectivity index (χ3n) is 3.78. The summed E-state index contributed by atoms with van der Waals surface area (Å²) in [5.74, 6) is 1.03. The predicted octanol–water partition coefficient (Wildman–Crippen LogP) is 5.53. The molecule has 0 atom stereocenters.